The van der Waals surface area contributed by atoms with Gasteiger partial charge in [0.05, 0.1) is 11.5 Å². The summed E-state index contributed by atoms with van der Waals surface area (Å²) in [5.74, 6) is 2.39. The number of likely N-dealkylation sites (tertiary alicyclic amines) is 2. The lowest BCUT2D eigenvalue weighted by Gasteiger charge is -2.44. The summed E-state index contributed by atoms with van der Waals surface area (Å²) in [5, 5.41) is 0. The Bertz CT molecular complexity index is 667. The molecule has 29 heavy (non-hydrogen) atoms. The maximum Gasteiger partial charge on any atom is 0.237 e. The lowest BCUT2D eigenvalue weighted by Crippen LogP contribution is -2.55. The molecule has 3 aliphatic heterocycles. The van der Waals surface area contributed by atoms with Gasteiger partial charge in [0.2, 0.25) is 11.8 Å². The summed E-state index contributed by atoms with van der Waals surface area (Å²) in [6.45, 7) is 6.60. The number of allylic oxidation sites excluding steroid dienone is 1. The zero-order valence-electron chi connectivity index (χ0n) is 18.1. The minimum absolute atomic E-state index is 0.0655. The Morgan fingerprint density at radius 1 is 1.03 bits per heavy atom. The number of rotatable bonds is 4. The molecule has 2 amide bonds. The van der Waals surface area contributed by atoms with Crippen LogP contribution < -0.4 is 5.73 Å². The monoisotopic (exact) mass is 419 g/mol. The van der Waals surface area contributed by atoms with Crippen LogP contribution >= 0.6 is 11.8 Å². The van der Waals surface area contributed by atoms with Crippen molar-refractivity contribution in [3.8, 4) is 0 Å². The van der Waals surface area contributed by atoms with E-state index < -0.39 is 5.54 Å². The fourth-order valence-corrected chi connectivity index (χ4v) is 7.21. The molecule has 3 fully saturated rings. The van der Waals surface area contributed by atoms with Crippen LogP contribution in [0.1, 0.15) is 65.2 Å². The van der Waals surface area contributed by atoms with E-state index in [4.69, 9.17) is 5.73 Å². The van der Waals surface area contributed by atoms with Crippen LogP contribution in [0.15, 0.2) is 11.0 Å². The molecule has 3 unspecified atom stereocenters. The number of nitrogens with two attached hydrogens (primary N) is 1. The Kier molecular flexibility index (Phi) is 6.31. The Hall–Kier alpha value is -1.01. The smallest absolute Gasteiger partial charge is 0.237 e. The van der Waals surface area contributed by atoms with E-state index in [-0.39, 0.29) is 11.8 Å². The zero-order chi connectivity index (χ0) is 20.6. The first-order chi connectivity index (χ1) is 13.9. The van der Waals surface area contributed by atoms with Gasteiger partial charge in [-0.05, 0) is 82.2 Å². The first-order valence-electron chi connectivity index (χ1n) is 11.6. The standard InChI is InChI=1S/C23H37N3O2S/c1-23(2,22(24)28)25-12-9-17(10-13-25)20-14-18(15-29-20)21(27)26-11-5-7-16-6-3-4-8-19(16)26/h14,16-19H,3-13,15H2,1-2H3,(H2,24,28). The van der Waals surface area contributed by atoms with Gasteiger partial charge in [-0.1, -0.05) is 18.9 Å². The van der Waals surface area contributed by atoms with Crippen LogP contribution in [0.3, 0.4) is 0 Å². The number of hydrogen-bond donors (Lipinski definition) is 1. The molecule has 0 radical (unpaired) electrons. The second-order valence-electron chi connectivity index (χ2n) is 9.96. The Balaban J connectivity index is 1.36. The number of fused-ring (bicyclic) bond motifs is 1. The molecule has 2 saturated heterocycles. The number of primary amides is 1. The van der Waals surface area contributed by atoms with E-state index in [1.165, 1.54) is 43.4 Å². The molecule has 2 N–H and O–H groups in total. The van der Waals surface area contributed by atoms with Crippen LogP contribution in [0.4, 0.5) is 0 Å². The van der Waals surface area contributed by atoms with E-state index in [0.29, 0.717) is 17.9 Å². The van der Waals surface area contributed by atoms with E-state index >= 15 is 0 Å². The number of nitrogens with zero attached hydrogens (tertiary/aromatic N) is 2. The largest absolute Gasteiger partial charge is 0.368 e. The lowest BCUT2D eigenvalue weighted by atomic mass is 9.78. The van der Waals surface area contributed by atoms with Crippen molar-refractivity contribution in [2.45, 2.75) is 76.8 Å². The minimum atomic E-state index is -0.578. The highest BCUT2D eigenvalue weighted by atomic mass is 32.2. The molecule has 5 nitrogen and oxygen atoms in total. The van der Waals surface area contributed by atoms with E-state index in [1.807, 2.05) is 25.6 Å². The fourth-order valence-electron chi connectivity index (χ4n) is 5.87. The van der Waals surface area contributed by atoms with Crippen molar-refractivity contribution in [1.29, 1.82) is 0 Å². The van der Waals surface area contributed by atoms with Crippen LogP contribution in [0.2, 0.25) is 0 Å². The average molecular weight is 420 g/mol. The average Bonchev–Trinajstić information content (AvgIpc) is 3.23. The molecule has 4 aliphatic rings. The number of carbonyl (C=O) groups is 2. The zero-order valence-corrected chi connectivity index (χ0v) is 18.9. The van der Waals surface area contributed by atoms with Gasteiger partial charge in [0, 0.05) is 18.3 Å². The topological polar surface area (TPSA) is 66.6 Å². The third-order valence-corrected chi connectivity index (χ3v) is 9.26. The van der Waals surface area contributed by atoms with Crippen molar-refractivity contribution in [1.82, 2.24) is 9.80 Å². The SMILES string of the molecule is CC(C)(C(N)=O)N1CCC(C2=CC(C(=O)N3CCCC4CCCCC43)CS2)CC1. The summed E-state index contributed by atoms with van der Waals surface area (Å²) in [6.07, 6.45) is 12.0. The Labute approximate surface area is 179 Å². The van der Waals surface area contributed by atoms with Crippen LogP contribution in [0.5, 0.6) is 0 Å². The maximum absolute atomic E-state index is 13.4. The van der Waals surface area contributed by atoms with Crippen molar-refractivity contribution in [3.63, 3.8) is 0 Å². The van der Waals surface area contributed by atoms with Crippen LogP contribution in [-0.4, -0.2) is 58.6 Å². The number of carbonyl (C=O) groups excluding carboxylic acids is 2. The fraction of sp³-hybridized carbons (Fsp3) is 0.826. The molecular weight excluding hydrogens is 382 g/mol. The highest BCUT2D eigenvalue weighted by Crippen LogP contribution is 2.42. The minimum Gasteiger partial charge on any atom is -0.368 e. The highest BCUT2D eigenvalue weighted by molar-refractivity contribution is 8.03. The van der Waals surface area contributed by atoms with Crippen molar-refractivity contribution in [3.05, 3.63) is 11.0 Å². The van der Waals surface area contributed by atoms with E-state index in [2.05, 4.69) is 15.9 Å². The molecule has 162 valence electrons. The summed E-state index contributed by atoms with van der Waals surface area (Å²) < 4.78 is 0. The van der Waals surface area contributed by atoms with Gasteiger partial charge in [0.25, 0.3) is 0 Å². The second-order valence-corrected chi connectivity index (χ2v) is 11.1. The summed E-state index contributed by atoms with van der Waals surface area (Å²) in [4.78, 5) is 31.0. The second kappa shape index (κ2) is 8.62. The number of piperidine rings is 2. The Morgan fingerprint density at radius 3 is 2.45 bits per heavy atom. The summed E-state index contributed by atoms with van der Waals surface area (Å²) in [7, 11) is 0. The first-order valence-corrected chi connectivity index (χ1v) is 12.6. The maximum atomic E-state index is 13.4. The predicted molar refractivity (Wildman–Crippen MR) is 118 cm³/mol. The van der Waals surface area contributed by atoms with Crippen LogP contribution in [-0.2, 0) is 9.59 Å². The molecule has 3 heterocycles. The van der Waals surface area contributed by atoms with E-state index in [9.17, 15) is 9.59 Å². The van der Waals surface area contributed by atoms with Crippen LogP contribution in [0, 0.1) is 17.8 Å². The van der Waals surface area contributed by atoms with Crippen molar-refractivity contribution >= 4 is 23.6 Å². The number of hydrogen-bond acceptors (Lipinski definition) is 4. The van der Waals surface area contributed by atoms with E-state index in [0.717, 1.165) is 44.1 Å². The normalized spacial score (nSPS) is 32.0. The molecule has 6 heteroatoms. The summed E-state index contributed by atoms with van der Waals surface area (Å²) in [6, 6.07) is 0.506. The van der Waals surface area contributed by atoms with Gasteiger partial charge in [0.1, 0.15) is 0 Å². The quantitative estimate of drug-likeness (QED) is 0.758. The molecule has 0 bridgehead atoms. The third-order valence-electron chi connectivity index (χ3n) is 7.93. The molecule has 0 aromatic carbocycles. The van der Waals surface area contributed by atoms with Crippen molar-refractivity contribution in [2.24, 2.45) is 23.5 Å². The first kappa shape index (κ1) is 21.2. The van der Waals surface area contributed by atoms with Crippen molar-refractivity contribution < 1.29 is 9.59 Å². The molecule has 0 spiro atoms. The van der Waals surface area contributed by atoms with Gasteiger partial charge >= 0.3 is 0 Å². The molecule has 0 aromatic rings. The predicted octanol–water partition coefficient (Wildman–Crippen LogP) is 3.39. The molecule has 4 rings (SSSR count). The lowest BCUT2D eigenvalue weighted by molar-refractivity contribution is -0.139. The number of thioether (sulfide) groups is 1. The molecular formula is C23H37N3O2S. The van der Waals surface area contributed by atoms with Gasteiger partial charge in [-0.15, -0.1) is 11.8 Å². The molecule has 3 atom stereocenters. The van der Waals surface area contributed by atoms with Gasteiger partial charge in [0.15, 0.2) is 0 Å². The summed E-state index contributed by atoms with van der Waals surface area (Å²) in [5.41, 5.74) is 5.01. The molecule has 0 aromatic heterocycles. The number of amides is 2. The molecule has 1 aliphatic carbocycles. The molecule has 1 saturated carbocycles. The van der Waals surface area contributed by atoms with Crippen LogP contribution in [0.25, 0.3) is 0 Å². The van der Waals surface area contributed by atoms with E-state index in [1.54, 1.807) is 0 Å². The Morgan fingerprint density at radius 2 is 1.72 bits per heavy atom. The highest BCUT2D eigenvalue weighted by Gasteiger charge is 2.40. The third kappa shape index (κ3) is 4.25. The van der Waals surface area contributed by atoms with Gasteiger partial charge in [-0.3, -0.25) is 14.5 Å². The van der Waals surface area contributed by atoms with Gasteiger partial charge in [-0.25, -0.2) is 0 Å². The summed E-state index contributed by atoms with van der Waals surface area (Å²) >= 11 is 1.90. The van der Waals surface area contributed by atoms with Gasteiger partial charge in [-0.2, -0.15) is 0 Å². The van der Waals surface area contributed by atoms with Gasteiger partial charge < -0.3 is 10.6 Å². The van der Waals surface area contributed by atoms with Crippen molar-refractivity contribution in [2.75, 3.05) is 25.4 Å².